The number of carboxylic acid groups (broad SMARTS) is 1. The Labute approximate surface area is 117 Å². The summed E-state index contributed by atoms with van der Waals surface area (Å²) in [5.74, 6) is -1.22. The monoisotopic (exact) mass is 277 g/mol. The van der Waals surface area contributed by atoms with E-state index in [9.17, 15) is 9.59 Å². The molecule has 0 unspecified atom stereocenters. The number of rotatable bonds is 6. The minimum absolute atomic E-state index is 0.169. The predicted octanol–water partition coefficient (Wildman–Crippen LogP) is 1.98. The van der Waals surface area contributed by atoms with E-state index < -0.39 is 11.9 Å². The molecule has 0 heterocycles. The van der Waals surface area contributed by atoms with Crippen LogP contribution in [-0.2, 0) is 9.59 Å². The number of carbonyl (C=O) groups is 2. The van der Waals surface area contributed by atoms with Gasteiger partial charge in [-0.05, 0) is 38.0 Å². The fraction of sp³-hybridized carbons (Fsp3) is 0.467. The largest absolute Gasteiger partial charge is 0.494 e. The van der Waals surface area contributed by atoms with Crippen molar-refractivity contribution in [2.45, 2.75) is 26.3 Å². The molecule has 1 amide bonds. The number of ether oxygens (including phenoxy) is 1. The van der Waals surface area contributed by atoms with Crippen LogP contribution in [0.5, 0.6) is 5.75 Å². The number of hydrogen-bond acceptors (Lipinski definition) is 3. The Bertz CT molecular complexity index is 514. The van der Waals surface area contributed by atoms with Crippen molar-refractivity contribution in [3.8, 4) is 5.75 Å². The van der Waals surface area contributed by atoms with E-state index in [1.54, 1.807) is 0 Å². The van der Waals surface area contributed by atoms with E-state index in [-0.39, 0.29) is 17.9 Å². The first-order valence-electron chi connectivity index (χ1n) is 6.79. The highest BCUT2D eigenvalue weighted by Gasteiger charge is 2.48. The fourth-order valence-electron chi connectivity index (χ4n) is 2.20. The van der Waals surface area contributed by atoms with Crippen molar-refractivity contribution in [1.82, 2.24) is 5.32 Å². The molecule has 5 nitrogen and oxygen atoms in total. The SMILES string of the molecule is CCOc1cccc([C@H](C)NC(=O)[C@H]2C[C@@H]2C(=O)O)c1. The molecule has 0 aliphatic heterocycles. The lowest BCUT2D eigenvalue weighted by Crippen LogP contribution is -2.29. The van der Waals surface area contributed by atoms with Gasteiger partial charge >= 0.3 is 5.97 Å². The summed E-state index contributed by atoms with van der Waals surface area (Å²) in [7, 11) is 0. The molecule has 2 rings (SSSR count). The maximum absolute atomic E-state index is 11.9. The number of benzene rings is 1. The number of carbonyl (C=O) groups excluding carboxylic acids is 1. The Morgan fingerprint density at radius 2 is 2.20 bits per heavy atom. The lowest BCUT2D eigenvalue weighted by atomic mass is 10.1. The number of aliphatic carboxylic acids is 1. The topological polar surface area (TPSA) is 75.6 Å². The fourth-order valence-corrected chi connectivity index (χ4v) is 2.20. The first-order chi connectivity index (χ1) is 9.52. The third-order valence-electron chi connectivity index (χ3n) is 3.47. The highest BCUT2D eigenvalue weighted by molar-refractivity contribution is 5.89. The van der Waals surface area contributed by atoms with Crippen molar-refractivity contribution in [2.24, 2.45) is 11.8 Å². The molecule has 20 heavy (non-hydrogen) atoms. The van der Waals surface area contributed by atoms with E-state index in [4.69, 9.17) is 9.84 Å². The zero-order valence-electron chi connectivity index (χ0n) is 11.6. The third kappa shape index (κ3) is 3.29. The highest BCUT2D eigenvalue weighted by atomic mass is 16.5. The maximum atomic E-state index is 11.9. The average Bonchev–Trinajstić information content (AvgIpc) is 3.19. The van der Waals surface area contributed by atoms with Crippen LogP contribution in [0.15, 0.2) is 24.3 Å². The van der Waals surface area contributed by atoms with Crippen LogP contribution in [-0.4, -0.2) is 23.6 Å². The van der Waals surface area contributed by atoms with E-state index in [0.717, 1.165) is 11.3 Å². The molecule has 1 aliphatic carbocycles. The van der Waals surface area contributed by atoms with Gasteiger partial charge in [-0.3, -0.25) is 9.59 Å². The quantitative estimate of drug-likeness (QED) is 0.833. The van der Waals surface area contributed by atoms with Crippen LogP contribution in [0.1, 0.15) is 31.9 Å². The maximum Gasteiger partial charge on any atom is 0.307 e. The molecule has 1 aliphatic rings. The molecule has 3 atom stereocenters. The Kier molecular flexibility index (Phi) is 4.27. The van der Waals surface area contributed by atoms with Gasteiger partial charge in [0.05, 0.1) is 24.5 Å². The zero-order valence-corrected chi connectivity index (χ0v) is 11.6. The molecule has 0 bridgehead atoms. The van der Waals surface area contributed by atoms with Gasteiger partial charge in [0.1, 0.15) is 5.75 Å². The van der Waals surface area contributed by atoms with Crippen molar-refractivity contribution >= 4 is 11.9 Å². The average molecular weight is 277 g/mol. The van der Waals surface area contributed by atoms with E-state index in [1.807, 2.05) is 38.1 Å². The standard InChI is InChI=1S/C15H19NO4/c1-3-20-11-6-4-5-10(7-11)9(2)16-14(17)12-8-13(12)15(18)19/h4-7,9,12-13H,3,8H2,1-2H3,(H,16,17)(H,18,19)/t9-,12-,13-/m0/s1. The second-order valence-corrected chi connectivity index (χ2v) is 5.02. The summed E-state index contributed by atoms with van der Waals surface area (Å²) in [6.45, 7) is 4.38. The number of carboxylic acids is 1. The van der Waals surface area contributed by atoms with Gasteiger partial charge in [0, 0.05) is 0 Å². The van der Waals surface area contributed by atoms with E-state index in [1.165, 1.54) is 0 Å². The highest BCUT2D eigenvalue weighted by Crippen LogP contribution is 2.39. The molecule has 1 aromatic rings. The van der Waals surface area contributed by atoms with Crippen molar-refractivity contribution < 1.29 is 19.4 Å². The number of nitrogens with one attached hydrogen (secondary N) is 1. The molecule has 2 N–H and O–H groups in total. The van der Waals surface area contributed by atoms with Crippen LogP contribution in [0.3, 0.4) is 0 Å². The van der Waals surface area contributed by atoms with Crippen molar-refractivity contribution in [3.63, 3.8) is 0 Å². The Balaban J connectivity index is 1.94. The molecule has 0 spiro atoms. The summed E-state index contributed by atoms with van der Waals surface area (Å²) in [4.78, 5) is 22.7. The Morgan fingerprint density at radius 3 is 2.80 bits per heavy atom. The van der Waals surface area contributed by atoms with E-state index >= 15 is 0 Å². The van der Waals surface area contributed by atoms with Crippen LogP contribution in [0.4, 0.5) is 0 Å². The number of hydrogen-bond donors (Lipinski definition) is 2. The summed E-state index contributed by atoms with van der Waals surface area (Å²) in [6, 6.07) is 7.37. The summed E-state index contributed by atoms with van der Waals surface area (Å²) in [5.41, 5.74) is 0.942. The van der Waals surface area contributed by atoms with Gasteiger partial charge in [-0.15, -0.1) is 0 Å². The lowest BCUT2D eigenvalue weighted by molar-refractivity contribution is -0.140. The lowest BCUT2D eigenvalue weighted by Gasteiger charge is -2.15. The molecule has 0 radical (unpaired) electrons. The van der Waals surface area contributed by atoms with Gasteiger partial charge in [0.2, 0.25) is 5.91 Å². The zero-order chi connectivity index (χ0) is 14.7. The van der Waals surface area contributed by atoms with E-state index in [0.29, 0.717) is 13.0 Å². The Hall–Kier alpha value is -2.04. The summed E-state index contributed by atoms with van der Waals surface area (Å²) >= 11 is 0. The van der Waals surface area contributed by atoms with Crippen molar-refractivity contribution in [3.05, 3.63) is 29.8 Å². The van der Waals surface area contributed by atoms with Crippen LogP contribution in [0, 0.1) is 11.8 Å². The summed E-state index contributed by atoms with van der Waals surface area (Å²) in [6.07, 6.45) is 0.437. The molecule has 1 fully saturated rings. The van der Waals surface area contributed by atoms with Gasteiger partial charge < -0.3 is 15.2 Å². The molecule has 1 aromatic carbocycles. The minimum atomic E-state index is -0.892. The minimum Gasteiger partial charge on any atom is -0.494 e. The number of amides is 1. The second kappa shape index (κ2) is 5.94. The van der Waals surface area contributed by atoms with Gasteiger partial charge in [-0.1, -0.05) is 12.1 Å². The van der Waals surface area contributed by atoms with Gasteiger partial charge in [0.25, 0.3) is 0 Å². The molecular formula is C15H19NO4. The van der Waals surface area contributed by atoms with Crippen LogP contribution in [0.2, 0.25) is 0 Å². The van der Waals surface area contributed by atoms with Gasteiger partial charge in [0.15, 0.2) is 0 Å². The summed E-state index contributed by atoms with van der Waals surface area (Å²) < 4.78 is 5.42. The molecule has 1 saturated carbocycles. The third-order valence-corrected chi connectivity index (χ3v) is 3.47. The molecule has 5 heteroatoms. The first kappa shape index (κ1) is 14.4. The van der Waals surface area contributed by atoms with Crippen LogP contribution >= 0.6 is 0 Å². The molecule has 0 saturated heterocycles. The Morgan fingerprint density at radius 1 is 1.45 bits per heavy atom. The summed E-state index contributed by atoms with van der Waals surface area (Å²) in [5, 5.41) is 11.7. The van der Waals surface area contributed by atoms with Gasteiger partial charge in [-0.2, -0.15) is 0 Å². The molecule has 0 aromatic heterocycles. The normalized spacial score (nSPS) is 21.9. The van der Waals surface area contributed by atoms with E-state index in [2.05, 4.69) is 5.32 Å². The molecule has 108 valence electrons. The van der Waals surface area contributed by atoms with Crippen LogP contribution < -0.4 is 10.1 Å². The van der Waals surface area contributed by atoms with Gasteiger partial charge in [-0.25, -0.2) is 0 Å². The van der Waals surface area contributed by atoms with Crippen molar-refractivity contribution in [2.75, 3.05) is 6.61 Å². The first-order valence-corrected chi connectivity index (χ1v) is 6.79. The predicted molar refractivity (Wildman–Crippen MR) is 73.4 cm³/mol. The smallest absolute Gasteiger partial charge is 0.307 e. The van der Waals surface area contributed by atoms with Crippen molar-refractivity contribution in [1.29, 1.82) is 0 Å². The van der Waals surface area contributed by atoms with Crippen LogP contribution in [0.25, 0.3) is 0 Å². The second-order valence-electron chi connectivity index (χ2n) is 5.02. The molecular weight excluding hydrogens is 258 g/mol.